The van der Waals surface area contributed by atoms with Gasteiger partial charge in [-0.25, -0.2) is 9.29 Å². The van der Waals surface area contributed by atoms with Crippen LogP contribution in [-0.4, -0.2) is 11.8 Å². The van der Waals surface area contributed by atoms with Crippen LogP contribution in [0.2, 0.25) is 0 Å². The average molecular weight is 367 g/mol. The minimum Gasteiger partial charge on any atom is -0.457 e. The van der Waals surface area contributed by atoms with Crippen LogP contribution in [0.4, 0.5) is 10.1 Å². The van der Waals surface area contributed by atoms with E-state index in [1.165, 1.54) is 17.7 Å². The van der Waals surface area contributed by atoms with Crippen LogP contribution in [0.1, 0.15) is 37.8 Å². The zero-order valence-corrected chi connectivity index (χ0v) is 15.5. The molecule has 0 saturated heterocycles. The highest BCUT2D eigenvalue weighted by Gasteiger charge is 2.27. The summed E-state index contributed by atoms with van der Waals surface area (Å²) in [6.07, 6.45) is 6.18. The summed E-state index contributed by atoms with van der Waals surface area (Å²) < 4.78 is 20.4. The lowest BCUT2D eigenvalue weighted by Crippen LogP contribution is -2.30. The zero-order chi connectivity index (χ0) is 19.4. The first-order chi connectivity index (χ1) is 13.0. The summed E-state index contributed by atoms with van der Waals surface area (Å²) in [7, 11) is 0. The molecule has 2 aromatic carbocycles. The van der Waals surface area contributed by atoms with Crippen LogP contribution in [0.5, 0.6) is 11.5 Å². The number of aryl methyl sites for hydroxylation is 2. The molecule has 140 valence electrons. The molecule has 0 fully saturated rings. The van der Waals surface area contributed by atoms with Gasteiger partial charge in [-0.3, -0.25) is 9.59 Å². The number of nitrogens with zero attached hydrogens (tertiary/aromatic N) is 1. The van der Waals surface area contributed by atoms with Crippen molar-refractivity contribution >= 4 is 17.5 Å². The maximum absolute atomic E-state index is 14.5. The topological polar surface area (TPSA) is 46.6 Å². The SMILES string of the molecule is CCCc1ccc(Oc2ccc(N3C(=O)C=CC3=O)c(F)c2)c(CCC)c1. The van der Waals surface area contributed by atoms with Crippen LogP contribution < -0.4 is 9.64 Å². The van der Waals surface area contributed by atoms with Crippen molar-refractivity contribution < 1.29 is 18.7 Å². The maximum Gasteiger partial charge on any atom is 0.258 e. The van der Waals surface area contributed by atoms with Crippen molar-refractivity contribution in [1.29, 1.82) is 0 Å². The van der Waals surface area contributed by atoms with Crippen molar-refractivity contribution in [2.24, 2.45) is 0 Å². The molecule has 27 heavy (non-hydrogen) atoms. The van der Waals surface area contributed by atoms with E-state index >= 15 is 0 Å². The number of ether oxygens (including phenoxy) is 1. The summed E-state index contributed by atoms with van der Waals surface area (Å²) in [4.78, 5) is 24.3. The first-order valence-corrected chi connectivity index (χ1v) is 9.18. The van der Waals surface area contributed by atoms with Crippen LogP contribution in [0.25, 0.3) is 0 Å². The van der Waals surface area contributed by atoms with Gasteiger partial charge < -0.3 is 4.74 Å². The standard InChI is InChI=1S/C22H22FNO3/c1-3-5-15-7-10-20(16(13-15)6-4-2)27-17-8-9-19(18(23)14-17)24-21(25)11-12-22(24)26/h7-14H,3-6H2,1-2H3. The van der Waals surface area contributed by atoms with Crippen LogP contribution in [0, 0.1) is 5.82 Å². The van der Waals surface area contributed by atoms with Gasteiger partial charge in [-0.2, -0.15) is 0 Å². The number of carbonyl (C=O) groups is 2. The van der Waals surface area contributed by atoms with Crippen molar-refractivity contribution in [2.75, 3.05) is 4.90 Å². The Morgan fingerprint density at radius 2 is 1.63 bits per heavy atom. The van der Waals surface area contributed by atoms with E-state index in [4.69, 9.17) is 4.74 Å². The molecule has 0 N–H and O–H groups in total. The van der Waals surface area contributed by atoms with Crippen molar-refractivity contribution in [2.45, 2.75) is 39.5 Å². The molecule has 0 saturated carbocycles. The molecule has 2 amide bonds. The summed E-state index contributed by atoms with van der Waals surface area (Å²) in [6.45, 7) is 4.24. The predicted molar refractivity (Wildman–Crippen MR) is 103 cm³/mol. The van der Waals surface area contributed by atoms with Gasteiger partial charge in [-0.1, -0.05) is 38.8 Å². The van der Waals surface area contributed by atoms with E-state index in [0.29, 0.717) is 11.5 Å². The quantitative estimate of drug-likeness (QED) is 0.650. The van der Waals surface area contributed by atoms with Crippen LogP contribution in [0.15, 0.2) is 48.6 Å². The maximum atomic E-state index is 14.5. The molecule has 1 aliphatic rings. The Balaban J connectivity index is 1.85. The highest BCUT2D eigenvalue weighted by Crippen LogP contribution is 2.31. The molecule has 0 aliphatic carbocycles. The van der Waals surface area contributed by atoms with Crippen LogP contribution in [0.3, 0.4) is 0 Å². The first-order valence-electron chi connectivity index (χ1n) is 9.18. The van der Waals surface area contributed by atoms with Crippen molar-refractivity contribution in [1.82, 2.24) is 0 Å². The Bertz CT molecular complexity index is 886. The lowest BCUT2D eigenvalue weighted by atomic mass is 10.0. The molecular weight excluding hydrogens is 345 g/mol. The Labute approximate surface area is 158 Å². The third-order valence-electron chi connectivity index (χ3n) is 4.38. The third-order valence-corrected chi connectivity index (χ3v) is 4.38. The number of hydrogen-bond acceptors (Lipinski definition) is 3. The van der Waals surface area contributed by atoms with Crippen LogP contribution in [-0.2, 0) is 22.4 Å². The summed E-state index contributed by atoms with van der Waals surface area (Å²) in [5.41, 5.74) is 2.27. The van der Waals surface area contributed by atoms with Gasteiger partial charge in [-0.05, 0) is 42.2 Å². The molecule has 2 aromatic rings. The van der Waals surface area contributed by atoms with Gasteiger partial charge in [0.2, 0.25) is 0 Å². The minimum absolute atomic E-state index is 0.0746. The van der Waals surface area contributed by atoms with E-state index in [1.54, 1.807) is 6.07 Å². The number of amides is 2. The fourth-order valence-corrected chi connectivity index (χ4v) is 3.14. The van der Waals surface area contributed by atoms with E-state index < -0.39 is 17.6 Å². The van der Waals surface area contributed by atoms with Gasteiger partial charge in [0.25, 0.3) is 11.8 Å². The fourth-order valence-electron chi connectivity index (χ4n) is 3.14. The normalized spacial score (nSPS) is 13.5. The Kier molecular flexibility index (Phi) is 5.69. The van der Waals surface area contributed by atoms with E-state index in [9.17, 15) is 14.0 Å². The molecule has 5 heteroatoms. The molecule has 0 radical (unpaired) electrons. The van der Waals surface area contributed by atoms with Crippen molar-refractivity contribution in [3.63, 3.8) is 0 Å². The molecule has 1 aliphatic heterocycles. The van der Waals surface area contributed by atoms with Crippen molar-refractivity contribution in [3.05, 3.63) is 65.5 Å². The number of benzene rings is 2. The van der Waals surface area contributed by atoms with Crippen LogP contribution >= 0.6 is 0 Å². The summed E-state index contributed by atoms with van der Waals surface area (Å²) in [5, 5.41) is 0. The predicted octanol–water partition coefficient (Wildman–Crippen LogP) is 4.95. The molecule has 0 spiro atoms. The van der Waals surface area contributed by atoms with E-state index in [0.717, 1.165) is 48.3 Å². The molecule has 1 heterocycles. The second-order valence-electron chi connectivity index (χ2n) is 6.50. The number of carbonyl (C=O) groups excluding carboxylic acids is 2. The van der Waals surface area contributed by atoms with Gasteiger partial charge in [-0.15, -0.1) is 0 Å². The zero-order valence-electron chi connectivity index (χ0n) is 15.5. The lowest BCUT2D eigenvalue weighted by Gasteiger charge is -2.16. The lowest BCUT2D eigenvalue weighted by molar-refractivity contribution is -0.120. The smallest absolute Gasteiger partial charge is 0.258 e. The number of anilines is 1. The Morgan fingerprint density at radius 1 is 0.926 bits per heavy atom. The van der Waals surface area contributed by atoms with Gasteiger partial charge in [0.1, 0.15) is 11.5 Å². The largest absolute Gasteiger partial charge is 0.457 e. The summed E-state index contributed by atoms with van der Waals surface area (Å²) in [5.74, 6) is -0.770. The number of rotatable bonds is 7. The van der Waals surface area contributed by atoms with E-state index in [2.05, 4.69) is 19.9 Å². The fraction of sp³-hybridized carbons (Fsp3) is 0.273. The number of halogens is 1. The molecule has 0 unspecified atom stereocenters. The highest BCUT2D eigenvalue weighted by atomic mass is 19.1. The summed E-state index contributed by atoms with van der Waals surface area (Å²) >= 11 is 0. The van der Waals surface area contributed by atoms with Gasteiger partial charge in [0, 0.05) is 18.2 Å². The molecule has 0 aromatic heterocycles. The summed E-state index contributed by atoms with van der Waals surface area (Å²) in [6, 6.07) is 10.2. The van der Waals surface area contributed by atoms with Gasteiger partial charge >= 0.3 is 0 Å². The average Bonchev–Trinajstić information content (AvgIpc) is 2.97. The molecule has 4 nitrogen and oxygen atoms in total. The van der Waals surface area contributed by atoms with Gasteiger partial charge in [0.05, 0.1) is 5.69 Å². The second-order valence-corrected chi connectivity index (χ2v) is 6.50. The Hall–Kier alpha value is -2.95. The monoisotopic (exact) mass is 367 g/mol. The first kappa shape index (κ1) is 18.8. The molecule has 0 bridgehead atoms. The van der Waals surface area contributed by atoms with E-state index in [-0.39, 0.29) is 5.69 Å². The second kappa shape index (κ2) is 8.16. The number of hydrogen-bond donors (Lipinski definition) is 0. The highest BCUT2D eigenvalue weighted by molar-refractivity contribution is 6.28. The molecular formula is C22H22FNO3. The minimum atomic E-state index is -0.683. The molecule has 0 atom stereocenters. The molecule has 3 rings (SSSR count). The van der Waals surface area contributed by atoms with E-state index in [1.807, 2.05) is 12.1 Å². The van der Waals surface area contributed by atoms with Gasteiger partial charge in [0.15, 0.2) is 5.82 Å². The Morgan fingerprint density at radius 3 is 2.26 bits per heavy atom. The van der Waals surface area contributed by atoms with Crippen molar-refractivity contribution in [3.8, 4) is 11.5 Å². The number of imide groups is 1. The third kappa shape index (κ3) is 4.08.